The largest absolute Gasteiger partial charge is 0.489 e. The third-order valence-electron chi connectivity index (χ3n) is 3.66. The molecule has 1 aliphatic rings. The molecular weight excluding hydrogens is 262 g/mol. The first-order valence-electron chi connectivity index (χ1n) is 7.86. The number of hydrogen-bond acceptors (Lipinski definition) is 3. The van der Waals surface area contributed by atoms with Crippen LogP contribution < -0.4 is 14.8 Å². The molecule has 0 radical (unpaired) electrons. The third-order valence-corrected chi connectivity index (χ3v) is 3.66. The van der Waals surface area contributed by atoms with Gasteiger partial charge in [-0.05, 0) is 19.9 Å². The molecule has 0 saturated carbocycles. The van der Waals surface area contributed by atoms with E-state index in [1.807, 2.05) is 6.07 Å². The topological polar surface area (TPSA) is 30.5 Å². The fraction of sp³-hybridized carbons (Fsp3) is 0.667. The van der Waals surface area contributed by atoms with Gasteiger partial charge in [-0.25, -0.2) is 0 Å². The number of rotatable bonds is 6. The van der Waals surface area contributed by atoms with Gasteiger partial charge in [-0.2, -0.15) is 0 Å². The summed E-state index contributed by atoms with van der Waals surface area (Å²) in [4.78, 5) is 0. The molecule has 3 heteroatoms. The van der Waals surface area contributed by atoms with Crippen LogP contribution in [0.1, 0.15) is 47.1 Å². The first-order valence-corrected chi connectivity index (χ1v) is 7.86. The predicted octanol–water partition coefficient (Wildman–Crippen LogP) is 3.80. The minimum atomic E-state index is -0.128. The second kappa shape index (κ2) is 5.88. The molecule has 0 fully saturated rings. The Hall–Kier alpha value is -1.22. The molecule has 0 atom stereocenters. The van der Waals surface area contributed by atoms with Crippen LogP contribution in [0.3, 0.4) is 0 Å². The van der Waals surface area contributed by atoms with Gasteiger partial charge in [0, 0.05) is 30.0 Å². The number of fused-ring (bicyclic) bond motifs is 1. The predicted molar refractivity (Wildman–Crippen MR) is 87.3 cm³/mol. The zero-order valence-electron chi connectivity index (χ0n) is 14.2. The van der Waals surface area contributed by atoms with Crippen molar-refractivity contribution in [2.45, 2.75) is 59.6 Å². The van der Waals surface area contributed by atoms with Gasteiger partial charge in [-0.1, -0.05) is 39.8 Å². The summed E-state index contributed by atoms with van der Waals surface area (Å²) >= 11 is 0. The molecule has 1 aromatic rings. The Labute approximate surface area is 129 Å². The lowest BCUT2D eigenvalue weighted by molar-refractivity contribution is 0.123. The summed E-state index contributed by atoms with van der Waals surface area (Å²) in [7, 11) is 0. The maximum absolute atomic E-state index is 6.07. The molecule has 1 aromatic carbocycles. The van der Waals surface area contributed by atoms with Crippen molar-refractivity contribution in [2.24, 2.45) is 5.41 Å². The van der Waals surface area contributed by atoms with E-state index in [4.69, 9.17) is 9.47 Å². The number of ether oxygens (including phenoxy) is 2. The van der Waals surface area contributed by atoms with E-state index >= 15 is 0 Å². The monoisotopic (exact) mass is 291 g/mol. The SMILES string of the molecule is CC(C)NCC(C)(C)COc1cccc2c1OC(C)(C)C2. The van der Waals surface area contributed by atoms with Gasteiger partial charge in [0.05, 0.1) is 6.61 Å². The molecule has 0 aromatic heterocycles. The zero-order valence-corrected chi connectivity index (χ0v) is 14.2. The molecule has 0 bridgehead atoms. The molecule has 21 heavy (non-hydrogen) atoms. The van der Waals surface area contributed by atoms with E-state index < -0.39 is 0 Å². The molecule has 0 aliphatic carbocycles. The highest BCUT2D eigenvalue weighted by Gasteiger charge is 2.32. The van der Waals surface area contributed by atoms with Crippen molar-refractivity contribution >= 4 is 0 Å². The maximum atomic E-state index is 6.07. The Morgan fingerprint density at radius 1 is 1.33 bits per heavy atom. The van der Waals surface area contributed by atoms with E-state index in [0.29, 0.717) is 12.6 Å². The standard InChI is InChI=1S/C18H29NO2/c1-13(2)19-11-17(3,4)12-20-15-9-7-8-14-10-18(5,6)21-16(14)15/h7-9,13,19H,10-12H2,1-6H3. The lowest BCUT2D eigenvalue weighted by Crippen LogP contribution is -2.37. The minimum Gasteiger partial charge on any atom is -0.489 e. The highest BCUT2D eigenvalue weighted by Crippen LogP contribution is 2.42. The van der Waals surface area contributed by atoms with Crippen molar-refractivity contribution in [1.82, 2.24) is 5.32 Å². The van der Waals surface area contributed by atoms with E-state index in [-0.39, 0.29) is 11.0 Å². The molecule has 1 N–H and O–H groups in total. The highest BCUT2D eigenvalue weighted by atomic mass is 16.5. The van der Waals surface area contributed by atoms with Crippen LogP contribution >= 0.6 is 0 Å². The average Bonchev–Trinajstić information content (AvgIpc) is 2.68. The van der Waals surface area contributed by atoms with Crippen molar-refractivity contribution < 1.29 is 9.47 Å². The Kier molecular flexibility index (Phi) is 4.52. The number of benzene rings is 1. The van der Waals surface area contributed by atoms with Crippen molar-refractivity contribution in [2.75, 3.05) is 13.2 Å². The molecular formula is C18H29NO2. The first kappa shape index (κ1) is 16.2. The summed E-state index contributed by atoms with van der Waals surface area (Å²) in [6, 6.07) is 6.68. The zero-order chi connectivity index (χ0) is 15.7. The van der Waals surface area contributed by atoms with Crippen LogP contribution in [-0.2, 0) is 6.42 Å². The average molecular weight is 291 g/mol. The third kappa shape index (κ3) is 4.37. The van der Waals surface area contributed by atoms with Crippen LogP contribution in [0.25, 0.3) is 0 Å². The Bertz CT molecular complexity index is 492. The summed E-state index contributed by atoms with van der Waals surface area (Å²) in [6.07, 6.45) is 0.942. The smallest absolute Gasteiger partial charge is 0.165 e. The fourth-order valence-electron chi connectivity index (χ4n) is 2.51. The van der Waals surface area contributed by atoms with Crippen molar-refractivity contribution in [1.29, 1.82) is 0 Å². The lowest BCUT2D eigenvalue weighted by atomic mass is 9.94. The van der Waals surface area contributed by atoms with E-state index in [0.717, 1.165) is 24.5 Å². The van der Waals surface area contributed by atoms with Gasteiger partial charge in [-0.3, -0.25) is 0 Å². The van der Waals surface area contributed by atoms with Gasteiger partial charge in [0.25, 0.3) is 0 Å². The number of hydrogen-bond donors (Lipinski definition) is 1. The second-order valence-corrected chi connectivity index (χ2v) is 7.77. The van der Waals surface area contributed by atoms with Crippen LogP contribution in [0, 0.1) is 5.41 Å². The van der Waals surface area contributed by atoms with Crippen molar-refractivity contribution in [3.8, 4) is 11.5 Å². The van der Waals surface area contributed by atoms with E-state index in [1.54, 1.807) is 0 Å². The number of para-hydroxylation sites is 1. The molecule has 2 rings (SSSR count). The van der Waals surface area contributed by atoms with Crippen LogP contribution in [-0.4, -0.2) is 24.8 Å². The molecule has 118 valence electrons. The van der Waals surface area contributed by atoms with Crippen molar-refractivity contribution in [3.05, 3.63) is 23.8 Å². The number of nitrogens with one attached hydrogen (secondary N) is 1. The molecule has 3 nitrogen and oxygen atoms in total. The summed E-state index contributed by atoms with van der Waals surface area (Å²) in [5.74, 6) is 1.80. The molecule has 1 aliphatic heterocycles. The maximum Gasteiger partial charge on any atom is 0.165 e. The second-order valence-electron chi connectivity index (χ2n) is 7.77. The molecule has 0 amide bonds. The lowest BCUT2D eigenvalue weighted by Gasteiger charge is -2.27. The highest BCUT2D eigenvalue weighted by molar-refractivity contribution is 5.50. The van der Waals surface area contributed by atoms with Crippen LogP contribution in [0.2, 0.25) is 0 Å². The molecule has 0 saturated heterocycles. The quantitative estimate of drug-likeness (QED) is 0.864. The Balaban J connectivity index is 2.01. The van der Waals surface area contributed by atoms with E-state index in [9.17, 15) is 0 Å². The molecule has 0 unspecified atom stereocenters. The molecule has 0 spiro atoms. The van der Waals surface area contributed by atoms with Gasteiger partial charge in [0.15, 0.2) is 11.5 Å². The van der Waals surface area contributed by atoms with Gasteiger partial charge < -0.3 is 14.8 Å². The fourth-order valence-corrected chi connectivity index (χ4v) is 2.51. The summed E-state index contributed by atoms with van der Waals surface area (Å²) < 4.78 is 12.1. The van der Waals surface area contributed by atoms with E-state index in [1.165, 1.54) is 5.56 Å². The van der Waals surface area contributed by atoms with E-state index in [2.05, 4.69) is 59.0 Å². The van der Waals surface area contributed by atoms with Gasteiger partial charge >= 0.3 is 0 Å². The van der Waals surface area contributed by atoms with Gasteiger partial charge in [0.2, 0.25) is 0 Å². The summed E-state index contributed by atoms with van der Waals surface area (Å²) in [5, 5.41) is 3.48. The normalized spacial score (nSPS) is 16.7. The van der Waals surface area contributed by atoms with Crippen molar-refractivity contribution in [3.63, 3.8) is 0 Å². The Morgan fingerprint density at radius 3 is 2.71 bits per heavy atom. The Morgan fingerprint density at radius 2 is 2.05 bits per heavy atom. The van der Waals surface area contributed by atoms with Crippen LogP contribution in [0.15, 0.2) is 18.2 Å². The van der Waals surface area contributed by atoms with Crippen LogP contribution in [0.4, 0.5) is 0 Å². The van der Waals surface area contributed by atoms with Gasteiger partial charge in [0.1, 0.15) is 5.60 Å². The molecule has 1 heterocycles. The first-order chi connectivity index (χ1) is 9.69. The van der Waals surface area contributed by atoms with Gasteiger partial charge in [-0.15, -0.1) is 0 Å². The van der Waals surface area contributed by atoms with Crippen LogP contribution in [0.5, 0.6) is 11.5 Å². The summed E-state index contributed by atoms with van der Waals surface area (Å²) in [6.45, 7) is 14.6. The minimum absolute atomic E-state index is 0.0844. The summed E-state index contributed by atoms with van der Waals surface area (Å²) in [5.41, 5.74) is 1.20.